The van der Waals surface area contributed by atoms with E-state index in [9.17, 15) is 4.79 Å². The Bertz CT molecular complexity index is 587. The lowest BCUT2D eigenvalue weighted by atomic mass is 10.2. The molecule has 2 aromatic heterocycles. The molecule has 2 aromatic rings. The van der Waals surface area contributed by atoms with Crippen LogP contribution in [0.4, 0.5) is 0 Å². The van der Waals surface area contributed by atoms with Gasteiger partial charge in [-0.15, -0.1) is 0 Å². The molecular formula is C15H18N4O2. The SMILES string of the molecule is Cc1cnc(C(=O)N2CCN(Cc3ccco3)CC2)cn1. The van der Waals surface area contributed by atoms with Gasteiger partial charge >= 0.3 is 0 Å². The van der Waals surface area contributed by atoms with E-state index in [0.29, 0.717) is 18.8 Å². The van der Waals surface area contributed by atoms with Gasteiger partial charge in [-0.25, -0.2) is 4.98 Å². The second-order valence-corrected chi connectivity index (χ2v) is 5.19. The van der Waals surface area contributed by atoms with Crippen LogP contribution in [0, 0.1) is 6.92 Å². The minimum atomic E-state index is -0.0415. The monoisotopic (exact) mass is 286 g/mol. The fraction of sp³-hybridized carbons (Fsp3) is 0.400. The fourth-order valence-electron chi connectivity index (χ4n) is 2.40. The highest BCUT2D eigenvalue weighted by Crippen LogP contribution is 2.10. The lowest BCUT2D eigenvalue weighted by molar-refractivity contribution is 0.0614. The molecule has 1 aliphatic rings. The minimum absolute atomic E-state index is 0.0415. The van der Waals surface area contributed by atoms with Crippen molar-refractivity contribution >= 4 is 5.91 Å². The number of nitrogens with zero attached hydrogens (tertiary/aromatic N) is 4. The average Bonchev–Trinajstić information content (AvgIpc) is 3.01. The first-order valence-electron chi connectivity index (χ1n) is 7.05. The van der Waals surface area contributed by atoms with E-state index in [4.69, 9.17) is 4.42 Å². The lowest BCUT2D eigenvalue weighted by Crippen LogP contribution is -2.48. The zero-order valence-corrected chi connectivity index (χ0v) is 12.0. The maximum absolute atomic E-state index is 12.3. The van der Waals surface area contributed by atoms with Gasteiger partial charge in [0.2, 0.25) is 0 Å². The maximum atomic E-state index is 12.3. The normalized spacial score (nSPS) is 16.1. The zero-order valence-electron chi connectivity index (χ0n) is 12.0. The highest BCUT2D eigenvalue weighted by atomic mass is 16.3. The van der Waals surface area contributed by atoms with Crippen LogP contribution in [-0.4, -0.2) is 51.9 Å². The minimum Gasteiger partial charge on any atom is -0.468 e. The molecule has 3 heterocycles. The number of piperazine rings is 1. The first-order chi connectivity index (χ1) is 10.2. The Balaban J connectivity index is 1.55. The maximum Gasteiger partial charge on any atom is 0.274 e. The van der Waals surface area contributed by atoms with Crippen LogP contribution in [0.5, 0.6) is 0 Å². The highest BCUT2D eigenvalue weighted by molar-refractivity contribution is 5.92. The van der Waals surface area contributed by atoms with Gasteiger partial charge in [-0.3, -0.25) is 14.7 Å². The van der Waals surface area contributed by atoms with E-state index in [1.807, 2.05) is 24.0 Å². The molecular weight excluding hydrogens is 268 g/mol. The molecule has 1 amide bonds. The van der Waals surface area contributed by atoms with Crippen molar-refractivity contribution in [1.82, 2.24) is 19.8 Å². The number of hydrogen-bond acceptors (Lipinski definition) is 5. The number of amides is 1. The van der Waals surface area contributed by atoms with Crippen molar-refractivity contribution in [2.45, 2.75) is 13.5 Å². The molecule has 0 aliphatic carbocycles. The number of aromatic nitrogens is 2. The number of furan rings is 1. The van der Waals surface area contributed by atoms with Gasteiger partial charge in [-0.1, -0.05) is 0 Å². The van der Waals surface area contributed by atoms with Crippen molar-refractivity contribution in [3.8, 4) is 0 Å². The Morgan fingerprint density at radius 1 is 1.24 bits per heavy atom. The molecule has 0 atom stereocenters. The number of carbonyl (C=O) groups excluding carboxylic acids is 1. The van der Waals surface area contributed by atoms with Crippen molar-refractivity contribution in [3.05, 3.63) is 47.9 Å². The molecule has 0 N–H and O–H groups in total. The van der Waals surface area contributed by atoms with Crippen LogP contribution in [0.1, 0.15) is 21.9 Å². The molecule has 6 heteroatoms. The van der Waals surface area contributed by atoms with Crippen LogP contribution < -0.4 is 0 Å². The summed E-state index contributed by atoms with van der Waals surface area (Å²) in [6.45, 7) is 5.73. The van der Waals surface area contributed by atoms with Crippen molar-refractivity contribution < 1.29 is 9.21 Å². The topological polar surface area (TPSA) is 62.5 Å². The molecule has 0 saturated carbocycles. The van der Waals surface area contributed by atoms with Crippen LogP contribution in [0.3, 0.4) is 0 Å². The molecule has 6 nitrogen and oxygen atoms in total. The van der Waals surface area contributed by atoms with Crippen molar-refractivity contribution in [2.75, 3.05) is 26.2 Å². The van der Waals surface area contributed by atoms with Gasteiger partial charge in [-0.2, -0.15) is 0 Å². The van der Waals surface area contributed by atoms with E-state index < -0.39 is 0 Å². The number of carbonyl (C=O) groups is 1. The van der Waals surface area contributed by atoms with Crippen LogP contribution in [0.15, 0.2) is 35.2 Å². The zero-order chi connectivity index (χ0) is 14.7. The third kappa shape index (κ3) is 3.28. The number of aryl methyl sites for hydroxylation is 1. The molecule has 0 aromatic carbocycles. The molecule has 1 fully saturated rings. The summed E-state index contributed by atoms with van der Waals surface area (Å²) in [4.78, 5) is 24.7. The van der Waals surface area contributed by atoms with Gasteiger partial charge in [0.25, 0.3) is 5.91 Å². The first kappa shape index (κ1) is 13.8. The van der Waals surface area contributed by atoms with Gasteiger partial charge in [0.05, 0.1) is 24.7 Å². The standard InChI is InChI=1S/C15H18N4O2/c1-12-9-17-14(10-16-12)15(20)19-6-4-18(5-7-19)11-13-3-2-8-21-13/h2-3,8-10H,4-7,11H2,1H3. The quantitative estimate of drug-likeness (QED) is 0.852. The second-order valence-electron chi connectivity index (χ2n) is 5.19. The van der Waals surface area contributed by atoms with E-state index >= 15 is 0 Å². The summed E-state index contributed by atoms with van der Waals surface area (Å²) in [5.74, 6) is 0.916. The molecule has 0 radical (unpaired) electrons. The molecule has 3 rings (SSSR count). The van der Waals surface area contributed by atoms with Crippen LogP contribution >= 0.6 is 0 Å². The molecule has 110 valence electrons. The van der Waals surface area contributed by atoms with Crippen LogP contribution in [-0.2, 0) is 6.54 Å². The Kier molecular flexibility index (Phi) is 3.96. The average molecular weight is 286 g/mol. The molecule has 0 bridgehead atoms. The van der Waals surface area contributed by atoms with Gasteiger partial charge in [0, 0.05) is 32.4 Å². The molecule has 1 aliphatic heterocycles. The van der Waals surface area contributed by atoms with Crippen molar-refractivity contribution in [3.63, 3.8) is 0 Å². The summed E-state index contributed by atoms with van der Waals surface area (Å²) in [5.41, 5.74) is 1.23. The van der Waals surface area contributed by atoms with E-state index in [1.54, 1.807) is 18.7 Å². The predicted octanol–water partition coefficient (Wildman–Crippen LogP) is 1.34. The summed E-state index contributed by atoms with van der Waals surface area (Å²) >= 11 is 0. The molecule has 1 saturated heterocycles. The van der Waals surface area contributed by atoms with Gasteiger partial charge in [-0.05, 0) is 19.1 Å². The smallest absolute Gasteiger partial charge is 0.274 e. The largest absolute Gasteiger partial charge is 0.468 e. The number of rotatable bonds is 3. The highest BCUT2D eigenvalue weighted by Gasteiger charge is 2.23. The Morgan fingerprint density at radius 2 is 2.05 bits per heavy atom. The Hall–Kier alpha value is -2.21. The van der Waals surface area contributed by atoms with Gasteiger partial charge in [0.1, 0.15) is 11.5 Å². The van der Waals surface area contributed by atoms with Gasteiger partial charge in [0.15, 0.2) is 0 Å². The van der Waals surface area contributed by atoms with Crippen molar-refractivity contribution in [1.29, 1.82) is 0 Å². The summed E-state index contributed by atoms with van der Waals surface area (Å²) in [7, 11) is 0. The van der Waals surface area contributed by atoms with Crippen molar-refractivity contribution in [2.24, 2.45) is 0 Å². The van der Waals surface area contributed by atoms with E-state index in [0.717, 1.165) is 31.1 Å². The summed E-state index contributed by atoms with van der Waals surface area (Å²) in [5, 5.41) is 0. The van der Waals surface area contributed by atoms with E-state index in [2.05, 4.69) is 14.9 Å². The third-order valence-electron chi connectivity index (χ3n) is 3.62. The third-order valence-corrected chi connectivity index (χ3v) is 3.62. The second kappa shape index (κ2) is 6.05. The Morgan fingerprint density at radius 3 is 2.67 bits per heavy atom. The lowest BCUT2D eigenvalue weighted by Gasteiger charge is -2.34. The van der Waals surface area contributed by atoms with Crippen LogP contribution in [0.25, 0.3) is 0 Å². The summed E-state index contributed by atoms with van der Waals surface area (Å²) in [6.07, 6.45) is 4.86. The molecule has 0 spiro atoms. The molecule has 21 heavy (non-hydrogen) atoms. The summed E-state index contributed by atoms with van der Waals surface area (Å²) in [6, 6.07) is 3.87. The molecule has 0 unspecified atom stereocenters. The number of hydrogen-bond donors (Lipinski definition) is 0. The first-order valence-corrected chi connectivity index (χ1v) is 7.05. The van der Waals surface area contributed by atoms with E-state index in [1.165, 1.54) is 0 Å². The fourth-order valence-corrected chi connectivity index (χ4v) is 2.40. The van der Waals surface area contributed by atoms with Crippen LogP contribution in [0.2, 0.25) is 0 Å². The van der Waals surface area contributed by atoms with Gasteiger partial charge < -0.3 is 9.32 Å². The Labute approximate surface area is 123 Å². The predicted molar refractivity (Wildman–Crippen MR) is 76.7 cm³/mol. The van der Waals surface area contributed by atoms with E-state index in [-0.39, 0.29) is 5.91 Å². The summed E-state index contributed by atoms with van der Waals surface area (Å²) < 4.78 is 5.35.